The highest BCUT2D eigenvalue weighted by atomic mass is 16.5. The van der Waals surface area contributed by atoms with Crippen LogP contribution < -0.4 is 0 Å². The number of rotatable bonds is 2. The first-order valence-corrected chi connectivity index (χ1v) is 2.52. The molecular weight excluding hydrogens is 106 g/mol. The van der Waals surface area contributed by atoms with Gasteiger partial charge in [-0.25, -0.2) is 0 Å². The minimum Gasteiger partial charge on any atom is -0.381 e. The summed E-state index contributed by atoms with van der Waals surface area (Å²) in [4.78, 5) is 2.63. The Morgan fingerprint density at radius 3 is 2.88 bits per heavy atom. The van der Waals surface area contributed by atoms with Gasteiger partial charge in [-0.15, -0.1) is 0 Å². The average Bonchev–Trinajstić information content (AvgIpc) is 1.63. The largest absolute Gasteiger partial charge is 0.381 e. The number of ether oxygens (including phenoxy) is 1. The van der Waals surface area contributed by atoms with E-state index in [0.717, 1.165) is 13.2 Å². The summed E-state index contributed by atoms with van der Waals surface area (Å²) < 4.78 is 4.85. The van der Waals surface area contributed by atoms with Crippen LogP contribution in [0.25, 0.3) is 10.4 Å². The van der Waals surface area contributed by atoms with E-state index in [4.69, 9.17) is 10.3 Å². The number of nitrogens with zero attached hydrogens (tertiary/aromatic N) is 3. The van der Waals surface area contributed by atoms with Crippen LogP contribution in [0.1, 0.15) is 0 Å². The van der Waals surface area contributed by atoms with Gasteiger partial charge in [-0.05, 0) is 5.53 Å². The molecule has 0 saturated carbocycles. The predicted molar refractivity (Wildman–Crippen MR) is 28.3 cm³/mol. The van der Waals surface area contributed by atoms with E-state index >= 15 is 0 Å². The van der Waals surface area contributed by atoms with Gasteiger partial charge in [0, 0.05) is 17.4 Å². The van der Waals surface area contributed by atoms with Crippen molar-refractivity contribution in [3.63, 3.8) is 0 Å². The summed E-state index contributed by atoms with van der Waals surface area (Å²) in [5.41, 5.74) is 7.85. The predicted octanol–water partition coefficient (Wildman–Crippen LogP) is 0.943. The summed E-state index contributed by atoms with van der Waals surface area (Å²) in [5, 5.41) is 3.39. The van der Waals surface area contributed by atoms with E-state index in [2.05, 4.69) is 10.0 Å². The fraction of sp³-hybridized carbons (Fsp3) is 1.00. The number of azide groups is 1. The maximum atomic E-state index is 7.85. The molecule has 0 aromatic rings. The lowest BCUT2D eigenvalue weighted by molar-refractivity contribution is -0.0267. The SMILES string of the molecule is [N-]=[N+]=NCC1COC1. The minimum absolute atomic E-state index is 0.492. The van der Waals surface area contributed by atoms with Crippen molar-refractivity contribution in [2.75, 3.05) is 19.8 Å². The molecule has 0 aromatic carbocycles. The highest BCUT2D eigenvalue weighted by Crippen LogP contribution is 2.09. The Hall–Kier alpha value is -0.730. The van der Waals surface area contributed by atoms with E-state index in [1.165, 1.54) is 0 Å². The van der Waals surface area contributed by atoms with Crippen LogP contribution in [0.15, 0.2) is 5.11 Å². The van der Waals surface area contributed by atoms with E-state index in [-0.39, 0.29) is 0 Å². The molecule has 0 aromatic heterocycles. The number of hydrogen-bond acceptors (Lipinski definition) is 2. The third-order valence-corrected chi connectivity index (χ3v) is 1.11. The smallest absolute Gasteiger partial charge is 0.0517 e. The fourth-order valence-corrected chi connectivity index (χ4v) is 0.542. The van der Waals surface area contributed by atoms with Gasteiger partial charge >= 0.3 is 0 Å². The normalized spacial score (nSPS) is 19.0. The van der Waals surface area contributed by atoms with Crippen LogP contribution in [0.5, 0.6) is 0 Å². The molecule has 44 valence electrons. The van der Waals surface area contributed by atoms with Crippen molar-refractivity contribution in [1.82, 2.24) is 0 Å². The molecular formula is C4H7N3O. The van der Waals surface area contributed by atoms with Crippen molar-refractivity contribution < 1.29 is 4.74 Å². The van der Waals surface area contributed by atoms with E-state index in [1.807, 2.05) is 0 Å². The van der Waals surface area contributed by atoms with E-state index in [1.54, 1.807) is 0 Å². The van der Waals surface area contributed by atoms with Crippen molar-refractivity contribution in [1.29, 1.82) is 0 Å². The first-order valence-electron chi connectivity index (χ1n) is 2.52. The molecule has 1 aliphatic rings. The Bertz CT molecular complexity index is 114. The summed E-state index contributed by atoms with van der Waals surface area (Å²) >= 11 is 0. The standard InChI is InChI=1S/C4H7N3O/c5-7-6-1-4-2-8-3-4/h4H,1-3H2. The lowest BCUT2D eigenvalue weighted by Crippen LogP contribution is -2.29. The van der Waals surface area contributed by atoms with Crippen molar-refractivity contribution in [3.8, 4) is 0 Å². The summed E-state index contributed by atoms with van der Waals surface area (Å²) in [7, 11) is 0. The fourth-order valence-electron chi connectivity index (χ4n) is 0.542. The van der Waals surface area contributed by atoms with E-state index in [9.17, 15) is 0 Å². The van der Waals surface area contributed by atoms with E-state index < -0.39 is 0 Å². The Morgan fingerprint density at radius 1 is 1.75 bits per heavy atom. The van der Waals surface area contributed by atoms with Crippen molar-refractivity contribution in [3.05, 3.63) is 10.4 Å². The number of hydrogen-bond donors (Lipinski definition) is 0. The van der Waals surface area contributed by atoms with Crippen LogP contribution in [0, 0.1) is 5.92 Å². The molecule has 1 fully saturated rings. The minimum atomic E-state index is 0.492. The van der Waals surface area contributed by atoms with Gasteiger partial charge in [0.1, 0.15) is 0 Å². The van der Waals surface area contributed by atoms with Gasteiger partial charge in [-0.1, -0.05) is 5.11 Å². The molecule has 0 bridgehead atoms. The first kappa shape index (κ1) is 5.41. The summed E-state index contributed by atoms with van der Waals surface area (Å²) in [6.07, 6.45) is 0. The second-order valence-corrected chi connectivity index (χ2v) is 1.82. The molecule has 1 aliphatic heterocycles. The molecule has 0 atom stereocenters. The van der Waals surface area contributed by atoms with Gasteiger partial charge in [0.15, 0.2) is 0 Å². The summed E-state index contributed by atoms with van der Waals surface area (Å²) in [5.74, 6) is 0.492. The zero-order valence-electron chi connectivity index (χ0n) is 4.45. The van der Waals surface area contributed by atoms with Crippen LogP contribution in [-0.2, 0) is 4.74 Å². The third-order valence-electron chi connectivity index (χ3n) is 1.11. The average molecular weight is 113 g/mol. The van der Waals surface area contributed by atoms with Crippen LogP contribution in [-0.4, -0.2) is 19.8 Å². The monoisotopic (exact) mass is 113 g/mol. The van der Waals surface area contributed by atoms with Gasteiger partial charge in [-0.2, -0.15) is 0 Å². The lowest BCUT2D eigenvalue weighted by Gasteiger charge is -2.23. The second kappa shape index (κ2) is 2.55. The van der Waals surface area contributed by atoms with Gasteiger partial charge in [0.25, 0.3) is 0 Å². The van der Waals surface area contributed by atoms with Gasteiger partial charge < -0.3 is 4.74 Å². The molecule has 1 rings (SSSR count). The molecule has 0 N–H and O–H groups in total. The zero-order chi connectivity index (χ0) is 5.82. The highest BCUT2D eigenvalue weighted by Gasteiger charge is 2.16. The molecule has 0 radical (unpaired) electrons. The van der Waals surface area contributed by atoms with Crippen molar-refractivity contribution in [2.24, 2.45) is 11.0 Å². The Kier molecular flexibility index (Phi) is 1.72. The summed E-state index contributed by atoms with van der Waals surface area (Å²) in [6, 6.07) is 0. The van der Waals surface area contributed by atoms with Crippen molar-refractivity contribution >= 4 is 0 Å². The zero-order valence-corrected chi connectivity index (χ0v) is 4.45. The van der Waals surface area contributed by atoms with Gasteiger partial charge in [-0.3, -0.25) is 0 Å². The topological polar surface area (TPSA) is 58.0 Å². The maximum Gasteiger partial charge on any atom is 0.0517 e. The molecule has 0 amide bonds. The molecule has 1 heterocycles. The Balaban J connectivity index is 2.09. The summed E-state index contributed by atoms with van der Waals surface area (Å²) in [6.45, 7) is 2.12. The third kappa shape index (κ3) is 1.12. The van der Waals surface area contributed by atoms with Crippen LogP contribution in [0.3, 0.4) is 0 Å². The molecule has 0 unspecified atom stereocenters. The lowest BCUT2D eigenvalue weighted by atomic mass is 10.1. The first-order chi connectivity index (χ1) is 3.93. The maximum absolute atomic E-state index is 7.85. The Labute approximate surface area is 47.1 Å². The molecule has 4 nitrogen and oxygen atoms in total. The van der Waals surface area contributed by atoms with Crippen LogP contribution in [0.4, 0.5) is 0 Å². The van der Waals surface area contributed by atoms with Crippen LogP contribution >= 0.6 is 0 Å². The molecule has 1 saturated heterocycles. The van der Waals surface area contributed by atoms with Gasteiger partial charge in [0.05, 0.1) is 13.2 Å². The van der Waals surface area contributed by atoms with E-state index in [0.29, 0.717) is 12.5 Å². The quantitative estimate of drug-likeness (QED) is 0.298. The molecule has 0 spiro atoms. The van der Waals surface area contributed by atoms with Crippen LogP contribution in [0.2, 0.25) is 0 Å². The molecule has 0 aliphatic carbocycles. The Morgan fingerprint density at radius 2 is 2.50 bits per heavy atom. The molecule has 4 heteroatoms. The van der Waals surface area contributed by atoms with Gasteiger partial charge in [0.2, 0.25) is 0 Å². The van der Waals surface area contributed by atoms with Crippen molar-refractivity contribution in [2.45, 2.75) is 0 Å². The highest BCUT2D eigenvalue weighted by molar-refractivity contribution is 4.67. The second-order valence-electron chi connectivity index (χ2n) is 1.82. The molecule has 8 heavy (non-hydrogen) atoms.